The van der Waals surface area contributed by atoms with Crippen LogP contribution in [0.4, 0.5) is 0 Å². The van der Waals surface area contributed by atoms with Crippen LogP contribution in [0.5, 0.6) is 0 Å². The van der Waals surface area contributed by atoms with Gasteiger partial charge in [0.25, 0.3) is 5.91 Å². The van der Waals surface area contributed by atoms with Crippen molar-refractivity contribution in [3.8, 4) is 0 Å². The summed E-state index contributed by atoms with van der Waals surface area (Å²) in [4.78, 5) is 29.4. The average Bonchev–Trinajstić information content (AvgIpc) is 3.15. The zero-order chi connectivity index (χ0) is 18.0. The van der Waals surface area contributed by atoms with Crippen LogP contribution in [0.2, 0.25) is 0 Å². The van der Waals surface area contributed by atoms with Crippen LogP contribution < -0.4 is 5.56 Å². The topological polar surface area (TPSA) is 71.0 Å². The van der Waals surface area contributed by atoms with Gasteiger partial charge in [0.15, 0.2) is 0 Å². The molecule has 1 amide bonds. The third-order valence-electron chi connectivity index (χ3n) is 4.63. The van der Waals surface area contributed by atoms with Gasteiger partial charge in [-0.25, -0.2) is 0 Å². The molecular weight excluding hydrogens is 316 g/mol. The van der Waals surface area contributed by atoms with Gasteiger partial charge >= 0.3 is 0 Å². The number of hydrogen-bond donors (Lipinski definition) is 1. The second-order valence-electron chi connectivity index (χ2n) is 7.49. The van der Waals surface area contributed by atoms with Gasteiger partial charge < -0.3 is 9.88 Å². The molecule has 0 aliphatic carbocycles. The molecule has 1 atom stereocenters. The Morgan fingerprint density at radius 2 is 2.20 bits per heavy atom. The lowest BCUT2D eigenvalue weighted by atomic mass is 10.0. The Bertz CT molecular complexity index is 806. The number of aryl methyl sites for hydroxylation is 1. The number of hydrogen-bond acceptors (Lipinski definition) is 3. The van der Waals surface area contributed by atoms with Crippen LogP contribution >= 0.6 is 0 Å². The summed E-state index contributed by atoms with van der Waals surface area (Å²) in [6.07, 6.45) is 6.60. The fraction of sp³-hybridized carbons (Fsp3) is 0.526. The van der Waals surface area contributed by atoms with E-state index < -0.39 is 0 Å². The van der Waals surface area contributed by atoms with Gasteiger partial charge in [-0.1, -0.05) is 13.8 Å². The first kappa shape index (κ1) is 17.5. The zero-order valence-corrected chi connectivity index (χ0v) is 15.2. The van der Waals surface area contributed by atoms with E-state index in [9.17, 15) is 9.59 Å². The predicted molar refractivity (Wildman–Crippen MR) is 96.5 cm³/mol. The summed E-state index contributed by atoms with van der Waals surface area (Å²) in [5, 5.41) is 4.20. The second-order valence-corrected chi connectivity index (χ2v) is 7.49. The number of aromatic nitrogens is 3. The molecule has 0 aromatic carbocycles. The average molecular weight is 342 g/mol. The van der Waals surface area contributed by atoms with Crippen LogP contribution in [0.25, 0.3) is 0 Å². The summed E-state index contributed by atoms with van der Waals surface area (Å²) in [6.45, 7) is 5.67. The molecule has 0 bridgehead atoms. The molecule has 25 heavy (non-hydrogen) atoms. The summed E-state index contributed by atoms with van der Waals surface area (Å²) in [5.74, 6) is 0.840. The highest BCUT2D eigenvalue weighted by atomic mass is 16.2. The van der Waals surface area contributed by atoms with Crippen LogP contribution in [0.3, 0.4) is 0 Å². The first-order valence-electron chi connectivity index (χ1n) is 8.90. The summed E-state index contributed by atoms with van der Waals surface area (Å²) < 4.78 is 1.81. The Labute approximate surface area is 147 Å². The SMILES string of the molecule is CC(C)Cc1cc(C(=O)N2CC[C@@H](Cc3cnn(C)c3)C2)cc(=O)[nH]1. The number of carbonyl (C=O) groups excluding carboxylic acids is 1. The van der Waals surface area contributed by atoms with E-state index in [1.807, 2.05) is 30.4 Å². The highest BCUT2D eigenvalue weighted by Crippen LogP contribution is 2.22. The third-order valence-corrected chi connectivity index (χ3v) is 4.63. The van der Waals surface area contributed by atoms with Crippen molar-refractivity contribution in [2.45, 2.75) is 33.1 Å². The second kappa shape index (κ2) is 7.25. The number of likely N-dealkylation sites (tertiary alicyclic amines) is 1. The largest absolute Gasteiger partial charge is 0.338 e. The van der Waals surface area contributed by atoms with Gasteiger partial charge in [0.1, 0.15) is 0 Å². The van der Waals surface area contributed by atoms with Gasteiger partial charge in [-0.05, 0) is 42.7 Å². The van der Waals surface area contributed by atoms with Gasteiger partial charge in [0.2, 0.25) is 5.56 Å². The number of nitrogens with one attached hydrogen (secondary N) is 1. The Morgan fingerprint density at radius 3 is 2.88 bits per heavy atom. The molecule has 6 nitrogen and oxygen atoms in total. The fourth-order valence-corrected chi connectivity index (χ4v) is 3.55. The van der Waals surface area contributed by atoms with Gasteiger partial charge in [-0.2, -0.15) is 5.10 Å². The number of carbonyl (C=O) groups is 1. The van der Waals surface area contributed by atoms with E-state index >= 15 is 0 Å². The Hall–Kier alpha value is -2.37. The fourth-order valence-electron chi connectivity index (χ4n) is 3.55. The van der Waals surface area contributed by atoms with Crippen molar-refractivity contribution in [2.24, 2.45) is 18.9 Å². The van der Waals surface area contributed by atoms with Gasteiger partial charge in [-0.3, -0.25) is 14.3 Å². The minimum atomic E-state index is -0.201. The van der Waals surface area contributed by atoms with E-state index in [1.54, 1.807) is 4.68 Å². The van der Waals surface area contributed by atoms with Crippen LogP contribution in [-0.2, 0) is 19.9 Å². The molecule has 6 heteroatoms. The van der Waals surface area contributed by atoms with E-state index in [2.05, 4.69) is 23.9 Å². The summed E-state index contributed by atoms with van der Waals surface area (Å²) in [5.41, 5.74) is 2.34. The molecule has 0 saturated carbocycles. The first-order chi connectivity index (χ1) is 11.9. The highest BCUT2D eigenvalue weighted by molar-refractivity contribution is 5.94. The van der Waals surface area contributed by atoms with Gasteiger partial charge in [0.05, 0.1) is 6.20 Å². The minimum Gasteiger partial charge on any atom is -0.338 e. The molecule has 0 unspecified atom stereocenters. The quantitative estimate of drug-likeness (QED) is 0.903. The highest BCUT2D eigenvalue weighted by Gasteiger charge is 2.27. The minimum absolute atomic E-state index is 0.0372. The van der Waals surface area contributed by atoms with Crippen LogP contribution in [-0.4, -0.2) is 38.7 Å². The number of aromatic amines is 1. The maximum atomic E-state index is 12.8. The third kappa shape index (κ3) is 4.38. The molecule has 1 fully saturated rings. The maximum Gasteiger partial charge on any atom is 0.254 e. The van der Waals surface area contributed by atoms with Gasteiger partial charge in [0, 0.05) is 43.7 Å². The molecule has 3 rings (SSSR count). The maximum absolute atomic E-state index is 12.8. The molecule has 1 aliphatic rings. The van der Waals surface area contributed by atoms with E-state index in [0.717, 1.165) is 38.0 Å². The molecule has 134 valence electrons. The van der Waals surface area contributed by atoms with E-state index in [1.165, 1.54) is 11.6 Å². The Kier molecular flexibility index (Phi) is 5.06. The van der Waals surface area contributed by atoms with Crippen LogP contribution in [0, 0.1) is 11.8 Å². The first-order valence-corrected chi connectivity index (χ1v) is 8.90. The van der Waals surface area contributed by atoms with E-state index in [4.69, 9.17) is 0 Å². The summed E-state index contributed by atoms with van der Waals surface area (Å²) >= 11 is 0. The lowest BCUT2D eigenvalue weighted by molar-refractivity contribution is 0.0786. The van der Waals surface area contributed by atoms with Crippen molar-refractivity contribution in [1.29, 1.82) is 0 Å². The molecule has 2 aromatic heterocycles. The van der Waals surface area contributed by atoms with Crippen LogP contribution in [0.1, 0.15) is 41.9 Å². The molecule has 1 saturated heterocycles. The van der Waals surface area contributed by atoms with Crippen molar-refractivity contribution < 1.29 is 4.79 Å². The molecule has 1 N–H and O–H groups in total. The Morgan fingerprint density at radius 1 is 1.40 bits per heavy atom. The van der Waals surface area contributed by atoms with Crippen molar-refractivity contribution in [1.82, 2.24) is 19.7 Å². The number of H-pyrrole nitrogens is 1. The molecular formula is C19H26N4O2. The monoisotopic (exact) mass is 342 g/mol. The summed E-state index contributed by atoms with van der Waals surface area (Å²) in [6, 6.07) is 3.25. The van der Waals surface area contributed by atoms with Crippen molar-refractivity contribution in [2.75, 3.05) is 13.1 Å². The standard InChI is InChI=1S/C19H26N4O2/c1-13(2)6-17-8-16(9-18(24)21-17)19(25)23-5-4-14(12-23)7-15-10-20-22(3)11-15/h8-11,13-14H,4-7,12H2,1-3H3,(H,21,24)/t14-/m0/s1. The molecule has 3 heterocycles. The predicted octanol–water partition coefficient (Wildman–Crippen LogP) is 2.01. The van der Waals surface area contributed by atoms with Crippen molar-refractivity contribution in [3.05, 3.63) is 51.7 Å². The number of nitrogens with zero attached hydrogens (tertiary/aromatic N) is 3. The smallest absolute Gasteiger partial charge is 0.254 e. The zero-order valence-electron chi connectivity index (χ0n) is 15.2. The van der Waals surface area contributed by atoms with E-state index in [0.29, 0.717) is 17.4 Å². The van der Waals surface area contributed by atoms with Crippen LogP contribution in [0.15, 0.2) is 29.3 Å². The van der Waals surface area contributed by atoms with E-state index in [-0.39, 0.29) is 11.5 Å². The molecule has 0 spiro atoms. The molecule has 2 aromatic rings. The summed E-state index contributed by atoms with van der Waals surface area (Å²) in [7, 11) is 1.91. The van der Waals surface area contributed by atoms with Crippen molar-refractivity contribution >= 4 is 5.91 Å². The number of amides is 1. The molecule has 0 radical (unpaired) electrons. The lowest BCUT2D eigenvalue weighted by Gasteiger charge is -2.17. The van der Waals surface area contributed by atoms with Gasteiger partial charge in [-0.15, -0.1) is 0 Å². The van der Waals surface area contributed by atoms with Crippen molar-refractivity contribution in [3.63, 3.8) is 0 Å². The number of pyridine rings is 1. The Balaban J connectivity index is 1.67. The molecule has 1 aliphatic heterocycles. The normalized spacial score (nSPS) is 17.4. The number of rotatable bonds is 5. The lowest BCUT2D eigenvalue weighted by Crippen LogP contribution is -2.30.